The summed E-state index contributed by atoms with van der Waals surface area (Å²) in [5.41, 5.74) is -0.145. The highest BCUT2D eigenvalue weighted by Gasteiger charge is 2.26. The first-order valence-electron chi connectivity index (χ1n) is 5.78. The van der Waals surface area contributed by atoms with Gasteiger partial charge < -0.3 is 4.90 Å². The lowest BCUT2D eigenvalue weighted by molar-refractivity contribution is 0.0773. The number of terminal acetylenes is 1. The molecule has 1 aromatic carbocycles. The van der Waals surface area contributed by atoms with Gasteiger partial charge in [-0.1, -0.05) is 30.5 Å². The highest BCUT2D eigenvalue weighted by Crippen LogP contribution is 2.27. The van der Waals surface area contributed by atoms with Gasteiger partial charge in [-0.25, -0.2) is 8.42 Å². The van der Waals surface area contributed by atoms with E-state index in [0.29, 0.717) is 13.0 Å². The monoisotopic (exact) mass is 333 g/mol. The standard InChI is InChI=1S/C13H13Cl2NO3S/c1-3-8-16(9-4-2)13(17)12-10(14)6-5-7-11(12)20(15,18)19/h1,5-7H,4,8-9H2,2H3. The molecule has 0 atom stereocenters. The summed E-state index contributed by atoms with van der Waals surface area (Å²) in [6.45, 7) is 2.35. The molecule has 0 aliphatic rings. The summed E-state index contributed by atoms with van der Waals surface area (Å²) in [6.07, 6.45) is 5.90. The molecule has 0 aromatic heterocycles. The van der Waals surface area contributed by atoms with Crippen LogP contribution in [0, 0.1) is 12.3 Å². The summed E-state index contributed by atoms with van der Waals surface area (Å²) in [6, 6.07) is 4.08. The lowest BCUT2D eigenvalue weighted by atomic mass is 10.2. The third-order valence-corrected chi connectivity index (χ3v) is 4.19. The number of hydrogen-bond donors (Lipinski definition) is 0. The fraction of sp³-hybridized carbons (Fsp3) is 0.308. The Morgan fingerprint density at radius 3 is 2.60 bits per heavy atom. The highest BCUT2D eigenvalue weighted by atomic mass is 35.7. The molecule has 7 heteroatoms. The lowest BCUT2D eigenvalue weighted by Gasteiger charge is -2.21. The quantitative estimate of drug-likeness (QED) is 0.615. The first kappa shape index (κ1) is 16.8. The molecule has 1 amide bonds. The number of halogens is 2. The minimum atomic E-state index is -4.08. The number of rotatable bonds is 5. The molecule has 0 aliphatic heterocycles. The van der Waals surface area contributed by atoms with Gasteiger partial charge in [0.1, 0.15) is 0 Å². The Hall–Kier alpha value is -1.22. The predicted octanol–water partition coefficient (Wildman–Crippen LogP) is 2.75. The van der Waals surface area contributed by atoms with Gasteiger partial charge in [-0.3, -0.25) is 4.79 Å². The minimum Gasteiger partial charge on any atom is -0.327 e. The predicted molar refractivity (Wildman–Crippen MR) is 79.5 cm³/mol. The molecule has 0 unspecified atom stereocenters. The first-order chi connectivity index (χ1) is 9.32. The second-order valence-electron chi connectivity index (χ2n) is 3.98. The van der Waals surface area contributed by atoms with Gasteiger partial charge >= 0.3 is 0 Å². The van der Waals surface area contributed by atoms with Crippen LogP contribution < -0.4 is 0 Å². The maximum atomic E-state index is 12.4. The van der Waals surface area contributed by atoms with Crippen molar-refractivity contribution in [2.45, 2.75) is 18.2 Å². The molecule has 0 aliphatic carbocycles. The smallest absolute Gasteiger partial charge is 0.262 e. The summed E-state index contributed by atoms with van der Waals surface area (Å²) in [7, 11) is 1.27. The van der Waals surface area contributed by atoms with Crippen LogP contribution in [-0.2, 0) is 9.05 Å². The van der Waals surface area contributed by atoms with E-state index >= 15 is 0 Å². The molecule has 1 rings (SSSR count). The zero-order chi connectivity index (χ0) is 15.3. The average molecular weight is 334 g/mol. The number of carbonyl (C=O) groups excluding carboxylic acids is 1. The largest absolute Gasteiger partial charge is 0.327 e. The van der Waals surface area contributed by atoms with Crippen molar-refractivity contribution in [2.75, 3.05) is 13.1 Å². The molecule has 0 fully saturated rings. The van der Waals surface area contributed by atoms with E-state index in [1.54, 1.807) is 0 Å². The number of carbonyl (C=O) groups is 1. The van der Waals surface area contributed by atoms with Crippen molar-refractivity contribution >= 4 is 37.2 Å². The number of hydrogen-bond acceptors (Lipinski definition) is 3. The second kappa shape index (κ2) is 6.98. The van der Waals surface area contributed by atoms with Crippen LogP contribution >= 0.6 is 22.3 Å². The molecule has 20 heavy (non-hydrogen) atoms. The van der Waals surface area contributed by atoms with E-state index < -0.39 is 15.0 Å². The average Bonchev–Trinajstić information content (AvgIpc) is 2.36. The van der Waals surface area contributed by atoms with E-state index in [2.05, 4.69) is 5.92 Å². The van der Waals surface area contributed by atoms with Crippen LogP contribution in [-0.4, -0.2) is 32.3 Å². The Morgan fingerprint density at radius 1 is 1.45 bits per heavy atom. The zero-order valence-electron chi connectivity index (χ0n) is 10.8. The Bertz CT molecular complexity index is 650. The van der Waals surface area contributed by atoms with Crippen molar-refractivity contribution < 1.29 is 13.2 Å². The third kappa shape index (κ3) is 3.89. The van der Waals surface area contributed by atoms with Crippen molar-refractivity contribution in [3.63, 3.8) is 0 Å². The molecule has 0 radical (unpaired) electrons. The summed E-state index contributed by atoms with van der Waals surface area (Å²) in [5.74, 6) is 1.81. The topological polar surface area (TPSA) is 54.5 Å². The van der Waals surface area contributed by atoms with Gasteiger partial charge in [-0.2, -0.15) is 0 Å². The van der Waals surface area contributed by atoms with Gasteiger partial charge in [0.05, 0.1) is 22.0 Å². The molecular formula is C13H13Cl2NO3S. The molecule has 4 nitrogen and oxygen atoms in total. The Labute approximate surface area is 128 Å². The fourth-order valence-electron chi connectivity index (χ4n) is 1.71. The van der Waals surface area contributed by atoms with E-state index in [4.69, 9.17) is 28.7 Å². The molecule has 0 heterocycles. The van der Waals surface area contributed by atoms with Crippen LogP contribution in [0.2, 0.25) is 5.02 Å². The summed E-state index contributed by atoms with van der Waals surface area (Å²) < 4.78 is 23.1. The molecule has 0 N–H and O–H groups in total. The van der Waals surface area contributed by atoms with Crippen molar-refractivity contribution in [3.05, 3.63) is 28.8 Å². The SMILES string of the molecule is C#CCN(CCC)C(=O)c1c(Cl)cccc1S(=O)(=O)Cl. The van der Waals surface area contributed by atoms with Crippen LogP contribution in [0.25, 0.3) is 0 Å². The van der Waals surface area contributed by atoms with Gasteiger partial charge in [0.25, 0.3) is 15.0 Å². The maximum absolute atomic E-state index is 12.4. The van der Waals surface area contributed by atoms with E-state index in [0.717, 1.165) is 0 Å². The molecule has 0 saturated carbocycles. The molecule has 0 spiro atoms. The summed E-state index contributed by atoms with van der Waals surface area (Å²) >= 11 is 5.95. The number of benzene rings is 1. The van der Waals surface area contributed by atoms with Crippen molar-refractivity contribution in [1.82, 2.24) is 4.90 Å². The molecule has 108 valence electrons. The second-order valence-corrected chi connectivity index (χ2v) is 6.92. The summed E-state index contributed by atoms with van der Waals surface area (Å²) in [5, 5.41) is 0.0230. The minimum absolute atomic E-state index is 0.0230. The van der Waals surface area contributed by atoms with Crippen molar-refractivity contribution in [3.8, 4) is 12.3 Å². The maximum Gasteiger partial charge on any atom is 0.262 e. The van der Waals surface area contributed by atoms with Crippen LogP contribution in [0.15, 0.2) is 23.1 Å². The molecule has 0 bridgehead atoms. The van der Waals surface area contributed by atoms with E-state index in [1.807, 2.05) is 6.92 Å². The van der Waals surface area contributed by atoms with Crippen molar-refractivity contribution in [1.29, 1.82) is 0 Å². The number of nitrogens with zero attached hydrogens (tertiary/aromatic N) is 1. The van der Waals surface area contributed by atoms with Gasteiger partial charge in [-0.15, -0.1) is 6.42 Å². The normalized spacial score (nSPS) is 10.9. The van der Waals surface area contributed by atoms with E-state index in [9.17, 15) is 13.2 Å². The zero-order valence-corrected chi connectivity index (χ0v) is 13.1. The Balaban J connectivity index is 3.38. The van der Waals surface area contributed by atoms with Gasteiger partial charge in [0.2, 0.25) is 0 Å². The van der Waals surface area contributed by atoms with Crippen LogP contribution in [0.5, 0.6) is 0 Å². The Morgan fingerprint density at radius 2 is 2.10 bits per heavy atom. The third-order valence-electron chi connectivity index (χ3n) is 2.51. The van der Waals surface area contributed by atoms with Gasteiger partial charge in [0, 0.05) is 17.2 Å². The van der Waals surface area contributed by atoms with Crippen molar-refractivity contribution in [2.24, 2.45) is 0 Å². The molecule has 0 saturated heterocycles. The lowest BCUT2D eigenvalue weighted by Crippen LogP contribution is -2.33. The van der Waals surface area contributed by atoms with E-state index in [1.165, 1.54) is 23.1 Å². The Kier molecular flexibility index (Phi) is 5.88. The van der Waals surface area contributed by atoms with E-state index in [-0.39, 0.29) is 22.0 Å². The van der Waals surface area contributed by atoms with Crippen LogP contribution in [0.4, 0.5) is 0 Å². The number of amides is 1. The highest BCUT2D eigenvalue weighted by molar-refractivity contribution is 8.13. The molecular weight excluding hydrogens is 321 g/mol. The van der Waals surface area contributed by atoms with Gasteiger partial charge in [-0.05, 0) is 18.6 Å². The summed E-state index contributed by atoms with van der Waals surface area (Å²) in [4.78, 5) is 13.5. The fourth-order valence-corrected chi connectivity index (χ4v) is 3.09. The molecule has 1 aromatic rings. The van der Waals surface area contributed by atoms with Crippen LogP contribution in [0.1, 0.15) is 23.7 Å². The van der Waals surface area contributed by atoms with Gasteiger partial charge in [0.15, 0.2) is 0 Å². The first-order valence-corrected chi connectivity index (χ1v) is 8.47. The van der Waals surface area contributed by atoms with Crippen LogP contribution in [0.3, 0.4) is 0 Å².